The fraction of sp³-hybridized carbons (Fsp3) is 0.286. The molecule has 0 heterocycles. The van der Waals surface area contributed by atoms with Crippen LogP contribution in [-0.4, -0.2) is 33.1 Å². The molecule has 2 aromatic rings. The van der Waals surface area contributed by atoms with Gasteiger partial charge in [0.05, 0.1) is 14.2 Å². The predicted octanol–water partition coefficient (Wildman–Crippen LogP) is 4.45. The fourth-order valence-electron chi connectivity index (χ4n) is 2.64. The Morgan fingerprint density at radius 1 is 0.960 bits per heavy atom. The molecule has 2 aromatic carbocycles. The maximum atomic E-state index is 12.4. The van der Waals surface area contributed by atoms with E-state index >= 15 is 0 Å². The van der Waals surface area contributed by atoms with E-state index in [1.54, 1.807) is 38.5 Å². The third-order valence-corrected chi connectivity index (χ3v) is 4.12. The average Bonchev–Trinajstić information content (AvgIpc) is 2.67. The maximum Gasteiger partial charge on any atom is 0.185 e. The lowest BCUT2D eigenvalue weighted by Crippen LogP contribution is -2.21. The lowest BCUT2D eigenvalue weighted by molar-refractivity contribution is 0.104. The van der Waals surface area contributed by atoms with Crippen molar-refractivity contribution in [3.8, 4) is 11.5 Å². The molecule has 0 unspecified atom stereocenters. The zero-order valence-electron chi connectivity index (χ0n) is 15.3. The van der Waals surface area contributed by atoms with Crippen molar-refractivity contribution in [3.63, 3.8) is 0 Å². The van der Waals surface area contributed by atoms with E-state index in [1.165, 1.54) is 5.69 Å². The minimum atomic E-state index is -0.0752. The second kappa shape index (κ2) is 8.92. The number of ketones is 1. The zero-order chi connectivity index (χ0) is 18.2. The Hall–Kier alpha value is -2.75. The molecule has 25 heavy (non-hydrogen) atoms. The Morgan fingerprint density at radius 2 is 1.60 bits per heavy atom. The molecule has 0 amide bonds. The number of carbonyl (C=O) groups excluding carboxylic acids is 1. The summed E-state index contributed by atoms with van der Waals surface area (Å²) in [5, 5.41) is 0. The molecule has 0 saturated heterocycles. The first-order chi connectivity index (χ1) is 12.1. The molecule has 0 saturated carbocycles. The first-order valence-electron chi connectivity index (χ1n) is 8.42. The highest BCUT2D eigenvalue weighted by atomic mass is 16.5. The quantitative estimate of drug-likeness (QED) is 0.526. The molecular weight excluding hydrogens is 314 g/mol. The van der Waals surface area contributed by atoms with E-state index in [0.717, 1.165) is 18.7 Å². The van der Waals surface area contributed by atoms with Gasteiger partial charge in [-0.15, -0.1) is 0 Å². The summed E-state index contributed by atoms with van der Waals surface area (Å²) in [7, 11) is 3.13. The molecule has 2 rings (SSSR count). The molecule has 0 N–H and O–H groups in total. The van der Waals surface area contributed by atoms with Crippen LogP contribution in [0.2, 0.25) is 0 Å². The van der Waals surface area contributed by atoms with Gasteiger partial charge in [0.15, 0.2) is 17.3 Å². The van der Waals surface area contributed by atoms with Gasteiger partial charge < -0.3 is 14.4 Å². The van der Waals surface area contributed by atoms with Crippen LogP contribution in [0.4, 0.5) is 5.69 Å². The first-order valence-corrected chi connectivity index (χ1v) is 8.42. The number of rotatable bonds is 8. The molecule has 0 fully saturated rings. The summed E-state index contributed by atoms with van der Waals surface area (Å²) >= 11 is 0. The highest BCUT2D eigenvalue weighted by molar-refractivity contribution is 6.07. The van der Waals surface area contributed by atoms with E-state index in [0.29, 0.717) is 17.1 Å². The van der Waals surface area contributed by atoms with E-state index in [-0.39, 0.29) is 5.78 Å². The normalized spacial score (nSPS) is 10.7. The summed E-state index contributed by atoms with van der Waals surface area (Å²) in [4.78, 5) is 14.6. The van der Waals surface area contributed by atoms with Gasteiger partial charge in [-0.25, -0.2) is 0 Å². The molecule has 0 aliphatic heterocycles. The molecule has 4 nitrogen and oxygen atoms in total. The summed E-state index contributed by atoms with van der Waals surface area (Å²) in [5.41, 5.74) is 2.74. The van der Waals surface area contributed by atoms with Crippen molar-refractivity contribution in [2.75, 3.05) is 32.2 Å². The van der Waals surface area contributed by atoms with Gasteiger partial charge in [0, 0.05) is 24.3 Å². The van der Waals surface area contributed by atoms with Gasteiger partial charge in [-0.2, -0.15) is 0 Å². The van der Waals surface area contributed by atoms with Gasteiger partial charge in [-0.3, -0.25) is 4.79 Å². The number of benzene rings is 2. The number of carbonyl (C=O) groups is 1. The van der Waals surface area contributed by atoms with Gasteiger partial charge in [0.2, 0.25) is 0 Å². The number of allylic oxidation sites excluding steroid dienone is 1. The number of hydrogen-bond donors (Lipinski definition) is 0. The molecule has 0 radical (unpaired) electrons. The maximum absolute atomic E-state index is 12.4. The fourth-order valence-corrected chi connectivity index (χ4v) is 2.64. The molecule has 0 aliphatic rings. The molecule has 0 aliphatic carbocycles. The number of methoxy groups -OCH3 is 2. The Morgan fingerprint density at radius 3 is 2.16 bits per heavy atom. The predicted molar refractivity (Wildman–Crippen MR) is 103 cm³/mol. The summed E-state index contributed by atoms with van der Waals surface area (Å²) in [6.07, 6.45) is 3.40. The van der Waals surface area contributed by atoms with Crippen LogP contribution >= 0.6 is 0 Å². The van der Waals surface area contributed by atoms with Crippen LogP contribution < -0.4 is 14.4 Å². The van der Waals surface area contributed by atoms with E-state index in [1.807, 2.05) is 18.2 Å². The highest BCUT2D eigenvalue weighted by Crippen LogP contribution is 2.27. The van der Waals surface area contributed by atoms with E-state index in [2.05, 4.69) is 30.9 Å². The largest absolute Gasteiger partial charge is 0.493 e. The first kappa shape index (κ1) is 18.6. The number of anilines is 1. The van der Waals surface area contributed by atoms with E-state index in [4.69, 9.17) is 9.47 Å². The SMILES string of the molecule is CCN(CC)c1ccc(/C=C/C(=O)c2ccc(OC)c(OC)c2)cc1. The molecule has 4 heteroatoms. The van der Waals surface area contributed by atoms with Crippen LogP contribution in [0, 0.1) is 0 Å². The Kier molecular flexibility index (Phi) is 6.63. The van der Waals surface area contributed by atoms with Crippen molar-refractivity contribution >= 4 is 17.5 Å². The van der Waals surface area contributed by atoms with Gasteiger partial charge in [-0.05, 0) is 55.8 Å². The Bertz CT molecular complexity index is 731. The number of ether oxygens (including phenoxy) is 2. The van der Waals surface area contributed by atoms with Crippen molar-refractivity contribution in [3.05, 3.63) is 59.7 Å². The van der Waals surface area contributed by atoms with Gasteiger partial charge >= 0.3 is 0 Å². The van der Waals surface area contributed by atoms with Crippen molar-refractivity contribution < 1.29 is 14.3 Å². The van der Waals surface area contributed by atoms with Crippen LogP contribution in [0.3, 0.4) is 0 Å². The molecule has 0 atom stereocenters. The molecule has 0 bridgehead atoms. The number of hydrogen-bond acceptors (Lipinski definition) is 4. The Balaban J connectivity index is 2.12. The van der Waals surface area contributed by atoms with Crippen LogP contribution in [0.15, 0.2) is 48.5 Å². The zero-order valence-corrected chi connectivity index (χ0v) is 15.3. The third kappa shape index (κ3) is 4.63. The lowest BCUT2D eigenvalue weighted by atomic mass is 10.1. The van der Waals surface area contributed by atoms with Crippen molar-refractivity contribution in [1.82, 2.24) is 0 Å². The van der Waals surface area contributed by atoms with E-state index < -0.39 is 0 Å². The number of nitrogens with zero attached hydrogens (tertiary/aromatic N) is 1. The summed E-state index contributed by atoms with van der Waals surface area (Å²) in [5.74, 6) is 1.08. The Labute approximate surface area is 149 Å². The van der Waals surface area contributed by atoms with Crippen LogP contribution in [0.5, 0.6) is 11.5 Å². The lowest BCUT2D eigenvalue weighted by Gasteiger charge is -2.20. The summed E-state index contributed by atoms with van der Waals surface area (Å²) in [6.45, 7) is 6.23. The van der Waals surface area contributed by atoms with Gasteiger partial charge in [0.1, 0.15) is 0 Å². The molecule has 0 spiro atoms. The molecular formula is C21H25NO3. The summed E-state index contributed by atoms with van der Waals surface area (Å²) in [6, 6.07) is 13.4. The molecule has 0 aromatic heterocycles. The highest BCUT2D eigenvalue weighted by Gasteiger charge is 2.08. The van der Waals surface area contributed by atoms with Crippen molar-refractivity contribution in [2.24, 2.45) is 0 Å². The summed E-state index contributed by atoms with van der Waals surface area (Å²) < 4.78 is 10.4. The molecule has 132 valence electrons. The van der Waals surface area contributed by atoms with Crippen LogP contribution in [0.25, 0.3) is 6.08 Å². The average molecular weight is 339 g/mol. The van der Waals surface area contributed by atoms with Gasteiger partial charge in [-0.1, -0.05) is 18.2 Å². The van der Waals surface area contributed by atoms with Gasteiger partial charge in [0.25, 0.3) is 0 Å². The smallest absolute Gasteiger partial charge is 0.185 e. The minimum absolute atomic E-state index is 0.0752. The topological polar surface area (TPSA) is 38.8 Å². The second-order valence-electron chi connectivity index (χ2n) is 5.53. The van der Waals surface area contributed by atoms with Crippen LogP contribution in [-0.2, 0) is 0 Å². The van der Waals surface area contributed by atoms with E-state index in [9.17, 15) is 4.79 Å². The standard InChI is InChI=1S/C21H25NO3/c1-5-22(6-2)18-11-7-16(8-12-18)9-13-19(23)17-10-14-20(24-3)21(15-17)25-4/h7-15H,5-6H2,1-4H3/b13-9+. The monoisotopic (exact) mass is 339 g/mol. The second-order valence-corrected chi connectivity index (χ2v) is 5.53. The minimum Gasteiger partial charge on any atom is -0.493 e. The van der Waals surface area contributed by atoms with Crippen molar-refractivity contribution in [1.29, 1.82) is 0 Å². The van der Waals surface area contributed by atoms with Crippen molar-refractivity contribution in [2.45, 2.75) is 13.8 Å². The third-order valence-electron chi connectivity index (χ3n) is 4.12. The van der Waals surface area contributed by atoms with Crippen LogP contribution in [0.1, 0.15) is 29.8 Å².